The van der Waals surface area contributed by atoms with E-state index in [1.807, 2.05) is 0 Å². The van der Waals surface area contributed by atoms with Crippen LogP contribution >= 0.6 is 11.8 Å². The van der Waals surface area contributed by atoms with Crippen molar-refractivity contribution < 1.29 is 0 Å². The lowest BCUT2D eigenvalue weighted by Crippen LogP contribution is -2.05. The fraction of sp³-hybridized carbons (Fsp3) is 1.00. The number of hydrogen-bond acceptors (Lipinski definition) is 1. The van der Waals surface area contributed by atoms with Gasteiger partial charge in [-0.15, -0.1) is 0 Å². The maximum absolute atomic E-state index is 2.47. The summed E-state index contributed by atoms with van der Waals surface area (Å²) in [5, 5.41) is 2.28. The van der Waals surface area contributed by atoms with Crippen LogP contribution in [0.1, 0.15) is 19.8 Å². The molecule has 4 atom stereocenters. The third-order valence-electron chi connectivity index (χ3n) is 3.59. The zero-order valence-corrected chi connectivity index (χ0v) is 6.53. The predicted molar refractivity (Wildman–Crippen MR) is 40.5 cm³/mol. The predicted octanol–water partition coefficient (Wildman–Crippen LogP) is 2.15. The summed E-state index contributed by atoms with van der Waals surface area (Å²) < 4.78 is 0. The Labute approximate surface area is 60.4 Å². The number of rotatable bonds is 0. The minimum Gasteiger partial charge on any atom is -0.152 e. The fourth-order valence-corrected chi connectivity index (χ4v) is 4.83. The van der Waals surface area contributed by atoms with Gasteiger partial charge in [-0.3, -0.25) is 0 Å². The van der Waals surface area contributed by atoms with E-state index in [0.29, 0.717) is 0 Å². The van der Waals surface area contributed by atoms with Crippen LogP contribution in [0.2, 0.25) is 0 Å². The van der Waals surface area contributed by atoms with Crippen LogP contribution in [0.25, 0.3) is 0 Å². The minimum absolute atomic E-state index is 1.10. The number of fused-ring (bicyclic) bond motifs is 5. The standard InChI is InChI=1S/C8H12S/c1-4-5-2-3-6(4)8-7(5)9-8/h4-8H,2-3H2,1H3. The Kier molecular flexibility index (Phi) is 0.753. The summed E-state index contributed by atoms with van der Waals surface area (Å²) in [6.45, 7) is 2.47. The second kappa shape index (κ2) is 1.34. The van der Waals surface area contributed by atoms with Gasteiger partial charge in [0.2, 0.25) is 0 Å². The zero-order chi connectivity index (χ0) is 6.01. The molecule has 50 valence electrons. The number of hydrogen-bond donors (Lipinski definition) is 0. The first-order chi connectivity index (χ1) is 4.38. The number of thioether (sulfide) groups is 1. The Morgan fingerprint density at radius 2 is 1.67 bits per heavy atom. The quantitative estimate of drug-likeness (QED) is 0.465. The third kappa shape index (κ3) is 0.450. The van der Waals surface area contributed by atoms with E-state index in [0.717, 1.165) is 28.3 Å². The lowest BCUT2D eigenvalue weighted by Gasteiger charge is -2.10. The van der Waals surface area contributed by atoms with Gasteiger partial charge in [-0.25, -0.2) is 0 Å². The van der Waals surface area contributed by atoms with E-state index in [9.17, 15) is 0 Å². The molecule has 0 nitrogen and oxygen atoms in total. The molecule has 0 spiro atoms. The molecule has 1 heterocycles. The van der Waals surface area contributed by atoms with Gasteiger partial charge in [0.25, 0.3) is 0 Å². The van der Waals surface area contributed by atoms with E-state index in [1.165, 1.54) is 0 Å². The fourth-order valence-electron chi connectivity index (χ4n) is 2.98. The van der Waals surface area contributed by atoms with Gasteiger partial charge in [-0.05, 0) is 30.6 Å². The smallest absolute Gasteiger partial charge is 0.0203 e. The van der Waals surface area contributed by atoms with Crippen molar-refractivity contribution in [3.63, 3.8) is 0 Å². The van der Waals surface area contributed by atoms with Crippen LogP contribution in [0.15, 0.2) is 0 Å². The van der Waals surface area contributed by atoms with Crippen LogP contribution in [0, 0.1) is 17.8 Å². The first-order valence-electron chi connectivity index (χ1n) is 4.03. The second-order valence-corrected chi connectivity index (χ2v) is 5.19. The molecule has 3 fully saturated rings. The van der Waals surface area contributed by atoms with Gasteiger partial charge in [0.1, 0.15) is 0 Å². The third-order valence-corrected chi connectivity index (χ3v) is 5.19. The van der Waals surface area contributed by atoms with Crippen LogP contribution in [0.4, 0.5) is 0 Å². The maximum atomic E-state index is 2.47. The van der Waals surface area contributed by atoms with Crippen LogP contribution in [0.5, 0.6) is 0 Å². The zero-order valence-electron chi connectivity index (χ0n) is 5.71. The molecular formula is C8H12S. The molecule has 1 saturated heterocycles. The highest BCUT2D eigenvalue weighted by molar-refractivity contribution is 8.07. The summed E-state index contributed by atoms with van der Waals surface area (Å²) in [5.41, 5.74) is 0. The molecular weight excluding hydrogens is 128 g/mol. The summed E-state index contributed by atoms with van der Waals surface area (Å²) in [6, 6.07) is 0. The Morgan fingerprint density at radius 3 is 2.00 bits per heavy atom. The van der Waals surface area contributed by atoms with E-state index in [4.69, 9.17) is 0 Å². The lowest BCUT2D eigenvalue weighted by atomic mass is 10.0. The molecule has 0 aromatic carbocycles. The van der Waals surface area contributed by atoms with Gasteiger partial charge >= 0.3 is 0 Å². The normalized spacial score (nSPS) is 68.3. The summed E-state index contributed by atoms with van der Waals surface area (Å²) in [6.07, 6.45) is 3.11. The molecule has 0 aromatic rings. The van der Waals surface area contributed by atoms with Gasteiger partial charge in [-0.2, -0.15) is 11.8 Å². The van der Waals surface area contributed by atoms with Crippen molar-refractivity contribution in [1.29, 1.82) is 0 Å². The van der Waals surface area contributed by atoms with Crippen LogP contribution < -0.4 is 0 Å². The highest BCUT2D eigenvalue weighted by Crippen LogP contribution is 2.67. The molecule has 1 aliphatic heterocycles. The van der Waals surface area contributed by atoms with Crippen LogP contribution in [-0.2, 0) is 0 Å². The summed E-state index contributed by atoms with van der Waals surface area (Å²) in [7, 11) is 0. The molecule has 0 N–H and O–H groups in total. The topological polar surface area (TPSA) is 0 Å². The van der Waals surface area contributed by atoms with E-state index < -0.39 is 0 Å². The lowest BCUT2D eigenvalue weighted by molar-refractivity contribution is 0.445. The molecule has 2 saturated carbocycles. The first-order valence-corrected chi connectivity index (χ1v) is 4.97. The first kappa shape index (κ1) is 5.06. The highest BCUT2D eigenvalue weighted by Gasteiger charge is 2.62. The van der Waals surface area contributed by atoms with Crippen molar-refractivity contribution in [1.82, 2.24) is 0 Å². The van der Waals surface area contributed by atoms with Crippen molar-refractivity contribution in [3.8, 4) is 0 Å². The molecule has 4 unspecified atom stereocenters. The minimum atomic E-state index is 1.10. The average Bonchev–Trinajstić information content (AvgIpc) is 2.53. The van der Waals surface area contributed by atoms with Gasteiger partial charge in [0.15, 0.2) is 0 Å². The van der Waals surface area contributed by atoms with E-state index in [1.54, 1.807) is 12.8 Å². The average molecular weight is 140 g/mol. The second-order valence-electron chi connectivity index (χ2n) is 3.83. The molecule has 9 heavy (non-hydrogen) atoms. The van der Waals surface area contributed by atoms with Gasteiger partial charge in [0.05, 0.1) is 0 Å². The van der Waals surface area contributed by atoms with Gasteiger partial charge in [-0.1, -0.05) is 6.92 Å². The van der Waals surface area contributed by atoms with Crippen molar-refractivity contribution in [3.05, 3.63) is 0 Å². The molecule has 3 aliphatic rings. The summed E-state index contributed by atoms with van der Waals surface area (Å²) >= 11 is 2.26. The van der Waals surface area contributed by atoms with E-state index >= 15 is 0 Å². The van der Waals surface area contributed by atoms with Crippen LogP contribution in [-0.4, -0.2) is 10.5 Å². The molecule has 0 aromatic heterocycles. The van der Waals surface area contributed by atoms with E-state index in [-0.39, 0.29) is 0 Å². The van der Waals surface area contributed by atoms with Crippen molar-refractivity contribution in [2.24, 2.45) is 17.8 Å². The largest absolute Gasteiger partial charge is 0.152 e. The maximum Gasteiger partial charge on any atom is 0.0203 e. The summed E-state index contributed by atoms with van der Waals surface area (Å²) in [4.78, 5) is 0. The molecule has 3 rings (SSSR count). The molecule has 2 aliphatic carbocycles. The molecule has 0 radical (unpaired) electrons. The Balaban J connectivity index is 2.00. The van der Waals surface area contributed by atoms with Crippen molar-refractivity contribution in [2.45, 2.75) is 30.3 Å². The Hall–Kier alpha value is 0.350. The highest BCUT2D eigenvalue weighted by atomic mass is 32.2. The monoisotopic (exact) mass is 140 g/mol. The van der Waals surface area contributed by atoms with Crippen molar-refractivity contribution >= 4 is 11.8 Å². The van der Waals surface area contributed by atoms with Crippen molar-refractivity contribution in [2.75, 3.05) is 0 Å². The molecule has 1 heteroatoms. The van der Waals surface area contributed by atoms with Gasteiger partial charge < -0.3 is 0 Å². The Bertz CT molecular complexity index is 139. The summed E-state index contributed by atoms with van der Waals surface area (Å²) in [5.74, 6) is 3.39. The molecule has 0 amide bonds. The van der Waals surface area contributed by atoms with E-state index in [2.05, 4.69) is 18.7 Å². The molecule has 2 bridgehead atoms. The van der Waals surface area contributed by atoms with Crippen LogP contribution in [0.3, 0.4) is 0 Å². The van der Waals surface area contributed by atoms with Gasteiger partial charge in [0, 0.05) is 10.5 Å². The SMILES string of the molecule is CC1C2CCC1C1SC21. The Morgan fingerprint density at radius 1 is 1.11 bits per heavy atom.